The first-order valence-corrected chi connectivity index (χ1v) is 8.60. The molecule has 4 aliphatic carbocycles. The minimum Gasteiger partial charge on any atom is -0.385 e. The minimum absolute atomic E-state index is 0.563. The van der Waals surface area contributed by atoms with E-state index in [0.29, 0.717) is 5.41 Å². The third-order valence-electron chi connectivity index (χ3n) is 5.60. The molecular weight excluding hydrogens is 268 g/mol. The zero-order chi connectivity index (χ0) is 14.0. The molecule has 0 heterocycles. The second kappa shape index (κ2) is 6.18. The molecule has 4 rings (SSSR count). The monoisotopic (exact) mass is 296 g/mol. The average Bonchev–Trinajstić information content (AvgIpc) is 2.40. The summed E-state index contributed by atoms with van der Waals surface area (Å²) in [7, 11) is 1.74. The molecule has 2 N–H and O–H groups in total. The van der Waals surface area contributed by atoms with Crippen LogP contribution in [0.1, 0.15) is 44.9 Å². The normalized spacial score (nSPS) is 38.0. The fraction of sp³-hybridized carbons (Fsp3) is 0.938. The Labute approximate surface area is 128 Å². The van der Waals surface area contributed by atoms with Gasteiger partial charge in [0.1, 0.15) is 0 Å². The van der Waals surface area contributed by atoms with Gasteiger partial charge < -0.3 is 15.4 Å². The SMILES string of the molecule is COCCCNC(=S)NCC12CC3CC(CC(C3)C1)C2. The highest BCUT2D eigenvalue weighted by atomic mass is 32.1. The van der Waals surface area contributed by atoms with Crippen molar-refractivity contribution in [3.05, 3.63) is 0 Å². The van der Waals surface area contributed by atoms with E-state index in [1.54, 1.807) is 7.11 Å². The molecule has 3 nitrogen and oxygen atoms in total. The van der Waals surface area contributed by atoms with E-state index in [0.717, 1.165) is 49.0 Å². The quantitative estimate of drug-likeness (QED) is 0.583. The summed E-state index contributed by atoms with van der Waals surface area (Å²) in [5, 5.41) is 7.62. The molecule has 4 heteroatoms. The fourth-order valence-corrected chi connectivity index (χ4v) is 5.43. The van der Waals surface area contributed by atoms with Crippen LogP contribution < -0.4 is 10.6 Å². The molecule has 0 radical (unpaired) electrons. The van der Waals surface area contributed by atoms with Crippen molar-refractivity contribution in [2.45, 2.75) is 44.9 Å². The molecule has 4 fully saturated rings. The van der Waals surface area contributed by atoms with E-state index < -0.39 is 0 Å². The maximum Gasteiger partial charge on any atom is 0.166 e. The van der Waals surface area contributed by atoms with E-state index in [4.69, 9.17) is 17.0 Å². The van der Waals surface area contributed by atoms with Crippen LogP contribution in [0, 0.1) is 23.2 Å². The first-order valence-electron chi connectivity index (χ1n) is 8.20. The van der Waals surface area contributed by atoms with Gasteiger partial charge in [-0.1, -0.05) is 0 Å². The van der Waals surface area contributed by atoms with Crippen molar-refractivity contribution in [1.29, 1.82) is 0 Å². The van der Waals surface area contributed by atoms with Crippen molar-refractivity contribution in [3.63, 3.8) is 0 Å². The molecule has 0 amide bonds. The third-order valence-corrected chi connectivity index (χ3v) is 5.89. The van der Waals surface area contributed by atoms with E-state index in [2.05, 4.69) is 10.6 Å². The summed E-state index contributed by atoms with van der Waals surface area (Å²) in [5.74, 6) is 3.06. The second-order valence-electron chi connectivity index (χ2n) is 7.37. The van der Waals surface area contributed by atoms with Crippen molar-refractivity contribution in [1.82, 2.24) is 10.6 Å². The summed E-state index contributed by atoms with van der Waals surface area (Å²) in [4.78, 5) is 0. The number of hydrogen-bond donors (Lipinski definition) is 2. The van der Waals surface area contributed by atoms with Gasteiger partial charge in [-0.2, -0.15) is 0 Å². The molecular formula is C16H28N2OS. The summed E-state index contributed by atoms with van der Waals surface area (Å²) >= 11 is 5.39. The second-order valence-corrected chi connectivity index (χ2v) is 7.78. The Balaban J connectivity index is 1.43. The highest BCUT2D eigenvalue weighted by Gasteiger charge is 2.50. The smallest absolute Gasteiger partial charge is 0.166 e. The molecule has 0 aromatic heterocycles. The topological polar surface area (TPSA) is 33.3 Å². The Bertz CT molecular complexity index is 323. The van der Waals surface area contributed by atoms with Crippen LogP contribution in [0.2, 0.25) is 0 Å². The molecule has 0 aromatic rings. The van der Waals surface area contributed by atoms with Crippen LogP contribution in [-0.4, -0.2) is 31.9 Å². The van der Waals surface area contributed by atoms with Gasteiger partial charge in [-0.15, -0.1) is 0 Å². The van der Waals surface area contributed by atoms with E-state index in [1.807, 2.05) is 0 Å². The molecule has 0 aromatic carbocycles. The molecule has 0 atom stereocenters. The largest absolute Gasteiger partial charge is 0.385 e. The lowest BCUT2D eigenvalue weighted by molar-refractivity contribution is -0.0491. The van der Waals surface area contributed by atoms with Crippen molar-refractivity contribution < 1.29 is 4.74 Å². The van der Waals surface area contributed by atoms with Gasteiger partial charge in [0.15, 0.2) is 5.11 Å². The molecule has 114 valence electrons. The molecule has 4 bridgehead atoms. The number of rotatable bonds is 6. The Morgan fingerprint density at radius 3 is 2.25 bits per heavy atom. The summed E-state index contributed by atoms with van der Waals surface area (Å²) < 4.78 is 5.04. The average molecular weight is 296 g/mol. The van der Waals surface area contributed by atoms with Gasteiger partial charge in [-0.3, -0.25) is 0 Å². The molecule has 0 aliphatic heterocycles. The Kier molecular flexibility index (Phi) is 4.51. The van der Waals surface area contributed by atoms with Crippen LogP contribution in [0.15, 0.2) is 0 Å². The first-order chi connectivity index (χ1) is 9.69. The van der Waals surface area contributed by atoms with E-state index in [9.17, 15) is 0 Å². The molecule has 20 heavy (non-hydrogen) atoms. The van der Waals surface area contributed by atoms with E-state index >= 15 is 0 Å². The van der Waals surface area contributed by atoms with Gasteiger partial charge in [0.05, 0.1) is 0 Å². The van der Waals surface area contributed by atoms with Crippen LogP contribution in [0.3, 0.4) is 0 Å². The maximum atomic E-state index is 5.39. The molecule has 4 saturated carbocycles. The Hall–Kier alpha value is -0.350. The van der Waals surface area contributed by atoms with Crippen molar-refractivity contribution >= 4 is 17.3 Å². The first kappa shape index (κ1) is 14.6. The van der Waals surface area contributed by atoms with Crippen LogP contribution >= 0.6 is 12.2 Å². The lowest BCUT2D eigenvalue weighted by Crippen LogP contribution is -2.52. The predicted octanol–water partition coefficient (Wildman–Crippen LogP) is 2.70. The van der Waals surface area contributed by atoms with Gasteiger partial charge in [-0.25, -0.2) is 0 Å². The molecule has 0 saturated heterocycles. The van der Waals surface area contributed by atoms with E-state index in [1.165, 1.54) is 38.5 Å². The molecule has 0 spiro atoms. The number of methoxy groups -OCH3 is 1. The molecule has 4 aliphatic rings. The summed E-state index contributed by atoms with van der Waals surface area (Å²) in [5.41, 5.74) is 0.563. The maximum absolute atomic E-state index is 5.39. The van der Waals surface area contributed by atoms with Gasteiger partial charge >= 0.3 is 0 Å². The summed E-state index contributed by atoms with van der Waals surface area (Å²) in [6.07, 6.45) is 9.88. The van der Waals surface area contributed by atoms with Crippen LogP contribution in [0.25, 0.3) is 0 Å². The van der Waals surface area contributed by atoms with Crippen molar-refractivity contribution in [2.75, 3.05) is 26.8 Å². The lowest BCUT2D eigenvalue weighted by atomic mass is 9.49. The lowest BCUT2D eigenvalue weighted by Gasteiger charge is -2.57. The number of ether oxygens (including phenoxy) is 1. The van der Waals surface area contributed by atoms with E-state index in [-0.39, 0.29) is 0 Å². The number of hydrogen-bond acceptors (Lipinski definition) is 2. The summed E-state index contributed by atoms with van der Waals surface area (Å²) in [6.45, 7) is 2.79. The Morgan fingerprint density at radius 1 is 1.10 bits per heavy atom. The van der Waals surface area contributed by atoms with Gasteiger partial charge in [0.25, 0.3) is 0 Å². The summed E-state index contributed by atoms with van der Waals surface area (Å²) in [6, 6.07) is 0. The third kappa shape index (κ3) is 3.28. The van der Waals surface area contributed by atoms with Crippen LogP contribution in [0.4, 0.5) is 0 Å². The van der Waals surface area contributed by atoms with Crippen molar-refractivity contribution in [2.24, 2.45) is 23.2 Å². The number of nitrogens with one attached hydrogen (secondary N) is 2. The fourth-order valence-electron chi connectivity index (χ4n) is 5.26. The van der Waals surface area contributed by atoms with Gasteiger partial charge in [-0.05, 0) is 80.3 Å². The van der Waals surface area contributed by atoms with Gasteiger partial charge in [0.2, 0.25) is 0 Å². The minimum atomic E-state index is 0.563. The highest BCUT2D eigenvalue weighted by Crippen LogP contribution is 2.59. The van der Waals surface area contributed by atoms with Gasteiger partial charge in [0, 0.05) is 26.8 Å². The molecule has 0 unspecified atom stereocenters. The van der Waals surface area contributed by atoms with Crippen LogP contribution in [-0.2, 0) is 4.74 Å². The van der Waals surface area contributed by atoms with Crippen molar-refractivity contribution in [3.8, 4) is 0 Å². The zero-order valence-electron chi connectivity index (χ0n) is 12.6. The van der Waals surface area contributed by atoms with Crippen LogP contribution in [0.5, 0.6) is 0 Å². The Morgan fingerprint density at radius 2 is 1.70 bits per heavy atom. The predicted molar refractivity (Wildman–Crippen MR) is 85.7 cm³/mol. The standard InChI is InChI=1S/C16H28N2OS/c1-19-4-2-3-17-15(20)18-11-16-8-12-5-13(9-16)7-14(6-12)10-16/h12-14H,2-11H2,1H3,(H2,17,18,20). The number of thiocarbonyl (C=S) groups is 1. The zero-order valence-corrected chi connectivity index (χ0v) is 13.4. The highest BCUT2D eigenvalue weighted by molar-refractivity contribution is 7.80.